The SMILES string of the molecule is COc1cc2c(cc1OC)C(C[S@@](=O)c1ccc(C)cc1)=[N+]([O-])CC2. The Labute approximate surface area is 149 Å². The van der Waals surface area contributed by atoms with E-state index < -0.39 is 10.8 Å². The van der Waals surface area contributed by atoms with Crippen molar-refractivity contribution in [2.45, 2.75) is 18.2 Å². The smallest absolute Gasteiger partial charge is 0.207 e. The normalized spacial score (nSPS) is 14.8. The number of hydrogen-bond acceptors (Lipinski definition) is 4. The molecule has 3 rings (SSSR count). The van der Waals surface area contributed by atoms with Crippen molar-refractivity contribution in [3.05, 3.63) is 58.3 Å². The minimum Gasteiger partial charge on any atom is -0.624 e. The van der Waals surface area contributed by atoms with Gasteiger partial charge in [0.05, 0.1) is 30.6 Å². The summed E-state index contributed by atoms with van der Waals surface area (Å²) in [7, 11) is 1.87. The van der Waals surface area contributed by atoms with E-state index in [1.807, 2.05) is 37.3 Å². The van der Waals surface area contributed by atoms with Crippen LogP contribution in [0.15, 0.2) is 41.3 Å². The number of benzene rings is 2. The Hall–Kier alpha value is -2.34. The number of rotatable bonds is 5. The van der Waals surface area contributed by atoms with E-state index in [0.717, 1.165) is 26.3 Å². The molecule has 0 bridgehead atoms. The van der Waals surface area contributed by atoms with Crippen molar-refractivity contribution in [3.63, 3.8) is 0 Å². The van der Waals surface area contributed by atoms with Gasteiger partial charge in [-0.3, -0.25) is 4.21 Å². The quantitative estimate of drug-likeness (QED) is 0.608. The summed E-state index contributed by atoms with van der Waals surface area (Å²) in [4.78, 5) is 0.721. The number of ether oxygens (including phenoxy) is 2. The van der Waals surface area contributed by atoms with E-state index in [0.29, 0.717) is 30.2 Å². The monoisotopic (exact) mass is 359 g/mol. The predicted molar refractivity (Wildman–Crippen MR) is 98.3 cm³/mol. The summed E-state index contributed by atoms with van der Waals surface area (Å²) in [5, 5.41) is 12.4. The van der Waals surface area contributed by atoms with Crippen LogP contribution >= 0.6 is 0 Å². The molecule has 5 nitrogen and oxygen atoms in total. The number of fused-ring (bicyclic) bond motifs is 1. The van der Waals surface area contributed by atoms with Gasteiger partial charge < -0.3 is 14.7 Å². The molecule has 0 radical (unpaired) electrons. The lowest BCUT2D eigenvalue weighted by atomic mass is 9.97. The molecular formula is C19H21NO4S. The molecule has 1 heterocycles. The summed E-state index contributed by atoms with van der Waals surface area (Å²) in [5.41, 5.74) is 3.44. The molecule has 0 fully saturated rings. The maximum Gasteiger partial charge on any atom is 0.207 e. The van der Waals surface area contributed by atoms with E-state index in [9.17, 15) is 9.42 Å². The molecule has 6 heteroatoms. The molecule has 1 aliphatic rings. The van der Waals surface area contributed by atoms with Crippen LogP contribution in [-0.4, -0.2) is 41.2 Å². The maximum atomic E-state index is 12.7. The Morgan fingerprint density at radius 3 is 2.40 bits per heavy atom. The van der Waals surface area contributed by atoms with Gasteiger partial charge in [-0.25, -0.2) is 4.74 Å². The van der Waals surface area contributed by atoms with Gasteiger partial charge >= 0.3 is 0 Å². The second kappa shape index (κ2) is 7.27. The van der Waals surface area contributed by atoms with Gasteiger partial charge in [-0.15, -0.1) is 0 Å². The van der Waals surface area contributed by atoms with Crippen molar-refractivity contribution < 1.29 is 18.4 Å². The highest BCUT2D eigenvalue weighted by atomic mass is 32.2. The first-order valence-corrected chi connectivity index (χ1v) is 9.36. The summed E-state index contributed by atoms with van der Waals surface area (Å²) in [6.07, 6.45) is 0.625. The Bertz CT molecular complexity index is 843. The molecule has 0 saturated heterocycles. The molecule has 0 aliphatic carbocycles. The van der Waals surface area contributed by atoms with Gasteiger partial charge in [-0.2, -0.15) is 0 Å². The standard InChI is InChI=1S/C19H21NO4S/c1-13-4-6-15(7-5-13)25(22)12-17-16-11-19(24-3)18(23-2)10-14(16)8-9-20(17)21/h4-7,10-11H,8-9,12H2,1-3H3/t25-/m1/s1. The van der Waals surface area contributed by atoms with E-state index in [1.54, 1.807) is 20.3 Å². The second-order valence-electron chi connectivity index (χ2n) is 5.97. The van der Waals surface area contributed by atoms with E-state index in [1.165, 1.54) is 0 Å². The lowest BCUT2D eigenvalue weighted by molar-refractivity contribution is -0.458. The first-order chi connectivity index (χ1) is 12.0. The van der Waals surface area contributed by atoms with Crippen LogP contribution in [0, 0.1) is 12.1 Å². The molecule has 0 amide bonds. The topological polar surface area (TPSA) is 61.6 Å². The Morgan fingerprint density at radius 1 is 1.12 bits per heavy atom. The number of nitrogens with zero attached hydrogens (tertiary/aromatic N) is 1. The van der Waals surface area contributed by atoms with E-state index in [4.69, 9.17) is 9.47 Å². The first-order valence-electron chi connectivity index (χ1n) is 8.04. The molecule has 2 aromatic carbocycles. The van der Waals surface area contributed by atoms with Crippen LogP contribution < -0.4 is 9.47 Å². The van der Waals surface area contributed by atoms with E-state index in [-0.39, 0.29) is 5.75 Å². The minimum absolute atomic E-state index is 0.176. The molecule has 1 aliphatic heterocycles. The minimum atomic E-state index is -1.28. The highest BCUT2D eigenvalue weighted by Gasteiger charge is 2.27. The van der Waals surface area contributed by atoms with Crippen LogP contribution in [0.2, 0.25) is 0 Å². The maximum absolute atomic E-state index is 12.7. The van der Waals surface area contributed by atoms with Gasteiger partial charge in [0.1, 0.15) is 5.75 Å². The fourth-order valence-electron chi connectivity index (χ4n) is 2.94. The molecule has 0 unspecified atom stereocenters. The van der Waals surface area contributed by atoms with Crippen LogP contribution in [-0.2, 0) is 17.2 Å². The van der Waals surface area contributed by atoms with Crippen LogP contribution in [0.25, 0.3) is 0 Å². The summed E-state index contributed by atoms with van der Waals surface area (Å²) in [6, 6.07) is 11.2. The molecule has 0 saturated carbocycles. The van der Waals surface area contributed by atoms with Crippen molar-refractivity contribution in [3.8, 4) is 11.5 Å². The van der Waals surface area contributed by atoms with Crippen molar-refractivity contribution in [1.82, 2.24) is 0 Å². The third kappa shape index (κ3) is 3.54. The zero-order valence-electron chi connectivity index (χ0n) is 14.6. The first kappa shape index (κ1) is 17.5. The van der Waals surface area contributed by atoms with E-state index >= 15 is 0 Å². The average molecular weight is 359 g/mol. The number of hydrogen-bond donors (Lipinski definition) is 0. The van der Waals surface area contributed by atoms with Crippen molar-refractivity contribution in [2.24, 2.45) is 0 Å². The molecule has 1 atom stereocenters. The van der Waals surface area contributed by atoms with Gasteiger partial charge in [-0.05, 0) is 36.8 Å². The van der Waals surface area contributed by atoms with Crippen molar-refractivity contribution in [1.29, 1.82) is 0 Å². The lowest BCUT2D eigenvalue weighted by Gasteiger charge is -2.21. The Kier molecular flexibility index (Phi) is 5.08. The van der Waals surface area contributed by atoms with Crippen molar-refractivity contribution in [2.75, 3.05) is 26.5 Å². The Balaban J connectivity index is 1.96. The average Bonchev–Trinajstić information content (AvgIpc) is 2.63. The summed E-state index contributed by atoms with van der Waals surface area (Å²) in [5.74, 6) is 1.38. The van der Waals surface area contributed by atoms with Crippen LogP contribution in [0.3, 0.4) is 0 Å². The molecule has 2 aromatic rings. The molecule has 0 spiro atoms. The fraction of sp³-hybridized carbons (Fsp3) is 0.316. The van der Waals surface area contributed by atoms with Crippen LogP contribution in [0.5, 0.6) is 11.5 Å². The molecule has 132 valence electrons. The summed E-state index contributed by atoms with van der Waals surface area (Å²) in [6.45, 7) is 2.33. The largest absolute Gasteiger partial charge is 0.624 e. The molecule has 25 heavy (non-hydrogen) atoms. The third-order valence-electron chi connectivity index (χ3n) is 4.36. The van der Waals surface area contributed by atoms with Gasteiger partial charge in [0.2, 0.25) is 5.71 Å². The summed E-state index contributed by atoms with van der Waals surface area (Å²) >= 11 is 0. The molecular weight excluding hydrogens is 338 g/mol. The van der Waals surface area contributed by atoms with Crippen LogP contribution in [0.4, 0.5) is 0 Å². The number of hydroxylamine groups is 1. The highest BCUT2D eigenvalue weighted by Crippen LogP contribution is 2.32. The summed E-state index contributed by atoms with van der Waals surface area (Å²) < 4.78 is 24.4. The fourth-order valence-corrected chi connectivity index (χ4v) is 4.09. The van der Waals surface area contributed by atoms with Gasteiger partial charge in [0.25, 0.3) is 0 Å². The highest BCUT2D eigenvalue weighted by molar-refractivity contribution is 7.85. The zero-order valence-corrected chi connectivity index (χ0v) is 15.4. The van der Waals surface area contributed by atoms with Gasteiger partial charge in [-0.1, -0.05) is 17.7 Å². The second-order valence-corrected chi connectivity index (χ2v) is 7.42. The predicted octanol–water partition coefficient (Wildman–Crippen LogP) is 2.68. The van der Waals surface area contributed by atoms with Gasteiger partial charge in [0, 0.05) is 11.3 Å². The third-order valence-corrected chi connectivity index (χ3v) is 5.69. The number of methoxy groups -OCH3 is 2. The van der Waals surface area contributed by atoms with Crippen molar-refractivity contribution >= 4 is 16.5 Å². The number of aryl methyl sites for hydroxylation is 1. The zero-order chi connectivity index (χ0) is 18.0. The Morgan fingerprint density at radius 2 is 1.76 bits per heavy atom. The van der Waals surface area contributed by atoms with Crippen LogP contribution in [0.1, 0.15) is 16.7 Å². The molecule has 0 N–H and O–H groups in total. The molecule has 0 aromatic heterocycles. The lowest BCUT2D eigenvalue weighted by Crippen LogP contribution is -2.30. The van der Waals surface area contributed by atoms with Gasteiger partial charge in [0.15, 0.2) is 18.0 Å². The van der Waals surface area contributed by atoms with E-state index in [2.05, 4.69) is 0 Å².